The van der Waals surface area contributed by atoms with Crippen molar-refractivity contribution in [3.63, 3.8) is 0 Å². The molecule has 0 fully saturated rings. The fourth-order valence-corrected chi connectivity index (χ4v) is 1.52. The Kier molecular flexibility index (Phi) is 5.06. The molecule has 0 aliphatic carbocycles. The molecule has 0 bridgehead atoms. The number of methoxy groups -OCH3 is 1. The first-order valence-electron chi connectivity index (χ1n) is 5.76. The molecule has 19 heavy (non-hydrogen) atoms. The van der Waals surface area contributed by atoms with Gasteiger partial charge in [-0.2, -0.15) is 0 Å². The smallest absolute Gasteiger partial charge is 0.334 e. The molecule has 0 atom stereocenters. The minimum atomic E-state index is -0.532. The van der Waals surface area contributed by atoms with Crippen LogP contribution >= 0.6 is 0 Å². The zero-order chi connectivity index (χ0) is 14.4. The van der Waals surface area contributed by atoms with Gasteiger partial charge in [-0.05, 0) is 19.1 Å². The molecule has 0 unspecified atom stereocenters. The summed E-state index contributed by atoms with van der Waals surface area (Å²) in [5, 5.41) is 0. The number of para-hydroxylation sites is 1. The van der Waals surface area contributed by atoms with Crippen molar-refractivity contribution in [2.24, 2.45) is 0 Å². The number of nitrogens with zero attached hydrogens (tertiary/aromatic N) is 1. The summed E-state index contributed by atoms with van der Waals surface area (Å²) in [4.78, 5) is 25.0. The highest BCUT2D eigenvalue weighted by molar-refractivity contribution is 6.06. The van der Waals surface area contributed by atoms with Crippen molar-refractivity contribution in [1.29, 1.82) is 0 Å². The van der Waals surface area contributed by atoms with Gasteiger partial charge in [0.1, 0.15) is 0 Å². The largest absolute Gasteiger partial charge is 0.466 e. The molecule has 0 radical (unpaired) electrons. The molecule has 4 nitrogen and oxygen atoms in total. The zero-order valence-electron chi connectivity index (χ0n) is 11.2. The average molecular weight is 259 g/mol. The summed E-state index contributed by atoms with van der Waals surface area (Å²) >= 11 is 0. The van der Waals surface area contributed by atoms with E-state index in [1.165, 1.54) is 12.0 Å². The van der Waals surface area contributed by atoms with Crippen molar-refractivity contribution in [3.05, 3.63) is 54.6 Å². The van der Waals surface area contributed by atoms with Crippen molar-refractivity contribution in [2.45, 2.75) is 6.92 Å². The van der Waals surface area contributed by atoms with E-state index in [1.807, 2.05) is 18.2 Å². The molecule has 100 valence electrons. The van der Waals surface area contributed by atoms with Gasteiger partial charge in [0.2, 0.25) is 0 Å². The van der Waals surface area contributed by atoms with E-state index in [4.69, 9.17) is 0 Å². The van der Waals surface area contributed by atoms with Crippen molar-refractivity contribution >= 4 is 17.6 Å². The zero-order valence-corrected chi connectivity index (χ0v) is 11.2. The van der Waals surface area contributed by atoms with Gasteiger partial charge >= 0.3 is 5.97 Å². The number of anilines is 1. The third-order valence-electron chi connectivity index (χ3n) is 2.50. The monoisotopic (exact) mass is 259 g/mol. The first-order chi connectivity index (χ1) is 8.97. The summed E-state index contributed by atoms with van der Waals surface area (Å²) in [5.41, 5.74) is 1.28. The minimum Gasteiger partial charge on any atom is -0.466 e. The fourth-order valence-electron chi connectivity index (χ4n) is 1.52. The van der Waals surface area contributed by atoms with Gasteiger partial charge in [0, 0.05) is 16.8 Å². The lowest BCUT2D eigenvalue weighted by Crippen LogP contribution is -2.34. The molecule has 0 N–H and O–H groups in total. The Hall–Kier alpha value is -2.36. The lowest BCUT2D eigenvalue weighted by molar-refractivity contribution is -0.136. The summed E-state index contributed by atoms with van der Waals surface area (Å²) < 4.78 is 4.59. The first-order valence-corrected chi connectivity index (χ1v) is 5.76. The van der Waals surface area contributed by atoms with Gasteiger partial charge < -0.3 is 9.64 Å². The van der Waals surface area contributed by atoms with Crippen LogP contribution < -0.4 is 4.90 Å². The highest BCUT2D eigenvalue weighted by Gasteiger charge is 2.19. The third kappa shape index (κ3) is 3.81. The van der Waals surface area contributed by atoms with Crippen LogP contribution in [-0.4, -0.2) is 25.5 Å². The van der Waals surface area contributed by atoms with E-state index in [9.17, 15) is 9.59 Å². The molecule has 1 rings (SSSR count). The molecule has 1 aromatic rings. The van der Waals surface area contributed by atoms with Crippen LogP contribution in [0, 0.1) is 0 Å². The number of hydrogen-bond donors (Lipinski definition) is 0. The topological polar surface area (TPSA) is 46.6 Å². The van der Waals surface area contributed by atoms with Crippen molar-refractivity contribution < 1.29 is 14.3 Å². The number of carbonyl (C=O) groups is 2. The van der Waals surface area contributed by atoms with Crippen LogP contribution in [0.25, 0.3) is 0 Å². The van der Waals surface area contributed by atoms with E-state index in [0.717, 1.165) is 0 Å². The molecule has 1 amide bonds. The molecule has 4 heteroatoms. The number of carbonyl (C=O) groups excluding carboxylic acids is 2. The summed E-state index contributed by atoms with van der Waals surface area (Å²) in [6, 6.07) is 9.04. The van der Waals surface area contributed by atoms with E-state index in [-0.39, 0.29) is 18.0 Å². The summed E-state index contributed by atoms with van der Waals surface area (Å²) in [6.07, 6.45) is 0. The van der Waals surface area contributed by atoms with Crippen molar-refractivity contribution in [1.82, 2.24) is 0 Å². The van der Waals surface area contributed by atoms with E-state index < -0.39 is 5.97 Å². The Morgan fingerprint density at radius 3 is 2.26 bits per heavy atom. The van der Waals surface area contributed by atoms with Crippen LogP contribution in [0.4, 0.5) is 5.69 Å². The molecule has 1 aromatic carbocycles. The molecule has 0 aliphatic heterocycles. The quantitative estimate of drug-likeness (QED) is 0.602. The van der Waals surface area contributed by atoms with E-state index >= 15 is 0 Å². The predicted octanol–water partition coefficient (Wildman–Crippen LogP) is 2.32. The summed E-state index contributed by atoms with van der Waals surface area (Å²) in [6.45, 7) is 8.97. The van der Waals surface area contributed by atoms with Gasteiger partial charge in [0.05, 0.1) is 13.7 Å². The van der Waals surface area contributed by atoms with E-state index in [2.05, 4.69) is 17.9 Å². The van der Waals surface area contributed by atoms with Crippen molar-refractivity contribution in [2.75, 3.05) is 18.6 Å². The van der Waals surface area contributed by atoms with Crippen LogP contribution in [-0.2, 0) is 14.3 Å². The second-order valence-electron chi connectivity index (χ2n) is 4.10. The summed E-state index contributed by atoms with van der Waals surface area (Å²) in [5.74, 6) is -0.785. The molecule has 0 saturated carbocycles. The molecular formula is C15H17NO3. The highest BCUT2D eigenvalue weighted by atomic mass is 16.5. The number of benzene rings is 1. The lowest BCUT2D eigenvalue weighted by Gasteiger charge is -2.23. The van der Waals surface area contributed by atoms with Gasteiger partial charge in [-0.3, -0.25) is 4.79 Å². The second-order valence-corrected chi connectivity index (χ2v) is 4.10. The molecule has 0 aliphatic rings. The van der Waals surface area contributed by atoms with Crippen LogP contribution in [0.2, 0.25) is 0 Å². The number of amides is 1. The van der Waals surface area contributed by atoms with Crippen LogP contribution in [0.3, 0.4) is 0 Å². The number of rotatable bonds is 5. The third-order valence-corrected chi connectivity index (χ3v) is 2.50. The first kappa shape index (κ1) is 14.7. The Morgan fingerprint density at radius 2 is 1.79 bits per heavy atom. The maximum absolute atomic E-state index is 12.1. The number of esters is 1. The number of hydrogen-bond acceptors (Lipinski definition) is 3. The van der Waals surface area contributed by atoms with Gasteiger partial charge in [-0.15, -0.1) is 0 Å². The molecular weight excluding hydrogens is 242 g/mol. The van der Waals surface area contributed by atoms with Crippen LogP contribution in [0.5, 0.6) is 0 Å². The van der Waals surface area contributed by atoms with Gasteiger partial charge in [-0.25, -0.2) is 4.79 Å². The average Bonchev–Trinajstić information content (AvgIpc) is 2.43. The predicted molar refractivity (Wildman–Crippen MR) is 74.8 cm³/mol. The normalized spacial score (nSPS) is 9.58. The Labute approximate surface area is 113 Å². The maximum atomic E-state index is 12.1. The van der Waals surface area contributed by atoms with Gasteiger partial charge in [-0.1, -0.05) is 31.4 Å². The highest BCUT2D eigenvalue weighted by Crippen LogP contribution is 2.17. The Bertz CT molecular complexity index is 505. The fraction of sp³-hybridized carbons (Fsp3) is 0.200. The molecule has 0 spiro atoms. The van der Waals surface area contributed by atoms with Gasteiger partial charge in [0.15, 0.2) is 0 Å². The Morgan fingerprint density at radius 1 is 1.21 bits per heavy atom. The Balaban J connectivity index is 3.01. The second kappa shape index (κ2) is 6.54. The molecule has 0 aromatic heterocycles. The maximum Gasteiger partial charge on any atom is 0.334 e. The van der Waals surface area contributed by atoms with Crippen LogP contribution in [0.1, 0.15) is 6.92 Å². The van der Waals surface area contributed by atoms with E-state index in [1.54, 1.807) is 19.1 Å². The SMILES string of the molecule is C=C(C)C(=O)N(CC(=C)C(=O)OC)c1ccccc1. The molecule has 0 saturated heterocycles. The molecule has 0 heterocycles. The lowest BCUT2D eigenvalue weighted by atomic mass is 10.2. The number of ether oxygens (including phenoxy) is 1. The summed E-state index contributed by atoms with van der Waals surface area (Å²) in [7, 11) is 1.28. The van der Waals surface area contributed by atoms with Crippen molar-refractivity contribution in [3.8, 4) is 0 Å². The van der Waals surface area contributed by atoms with Crippen LogP contribution in [0.15, 0.2) is 54.6 Å². The standard InChI is InChI=1S/C15H17NO3/c1-11(2)14(17)16(10-12(3)15(18)19-4)13-8-6-5-7-9-13/h5-9H,1,3,10H2,2,4H3. The minimum absolute atomic E-state index is 0.0718. The van der Waals surface area contributed by atoms with Gasteiger partial charge in [0.25, 0.3) is 5.91 Å². The van der Waals surface area contributed by atoms with E-state index in [0.29, 0.717) is 11.3 Å².